The molecule has 1 saturated heterocycles. The Bertz CT molecular complexity index is 550. The summed E-state index contributed by atoms with van der Waals surface area (Å²) in [5.74, 6) is -2.00. The molecule has 1 aromatic rings. The maximum atomic E-state index is 13.3. The first-order valence-electron chi connectivity index (χ1n) is 6.75. The predicted molar refractivity (Wildman–Crippen MR) is 69.4 cm³/mol. The van der Waals surface area contributed by atoms with Crippen LogP contribution in [0.4, 0.5) is 14.5 Å². The Hall–Kier alpha value is -1.53. The topological polar surface area (TPSA) is 55.6 Å². The summed E-state index contributed by atoms with van der Waals surface area (Å²) in [4.78, 5) is 13.9. The highest BCUT2D eigenvalue weighted by molar-refractivity contribution is 5.98. The molecule has 1 aromatic carbocycles. The minimum absolute atomic E-state index is 0.0871. The molecular weight excluding hydrogens is 266 g/mol. The summed E-state index contributed by atoms with van der Waals surface area (Å²) in [6.07, 6.45) is 1.30. The van der Waals surface area contributed by atoms with Crippen LogP contribution in [0.2, 0.25) is 0 Å². The van der Waals surface area contributed by atoms with Crippen molar-refractivity contribution >= 4 is 11.6 Å². The van der Waals surface area contributed by atoms with Gasteiger partial charge in [-0.05, 0) is 30.9 Å². The molecule has 0 aliphatic carbocycles. The van der Waals surface area contributed by atoms with E-state index < -0.39 is 17.7 Å². The van der Waals surface area contributed by atoms with Crippen molar-refractivity contribution in [2.75, 3.05) is 18.0 Å². The molecular formula is C14H16F2N2O2. The van der Waals surface area contributed by atoms with Gasteiger partial charge < -0.3 is 15.4 Å². The van der Waals surface area contributed by atoms with Gasteiger partial charge in [0.05, 0.1) is 11.8 Å². The van der Waals surface area contributed by atoms with Gasteiger partial charge in [-0.25, -0.2) is 8.78 Å². The molecule has 2 atom stereocenters. The number of anilines is 1. The van der Waals surface area contributed by atoms with Crippen LogP contribution < -0.4 is 10.6 Å². The molecule has 2 heterocycles. The molecule has 0 radical (unpaired) electrons. The van der Waals surface area contributed by atoms with Gasteiger partial charge in [-0.2, -0.15) is 0 Å². The molecule has 0 unspecified atom stereocenters. The Morgan fingerprint density at radius 1 is 1.35 bits per heavy atom. The first-order chi connectivity index (χ1) is 9.60. The molecule has 0 bridgehead atoms. The second-order valence-electron chi connectivity index (χ2n) is 5.19. The maximum absolute atomic E-state index is 13.3. The zero-order chi connectivity index (χ0) is 14.3. The Morgan fingerprint density at radius 2 is 2.10 bits per heavy atom. The summed E-state index contributed by atoms with van der Waals surface area (Å²) < 4.78 is 32.1. The summed E-state index contributed by atoms with van der Waals surface area (Å²) in [5.41, 5.74) is 6.63. The predicted octanol–water partition coefficient (Wildman–Crippen LogP) is 1.36. The summed E-state index contributed by atoms with van der Waals surface area (Å²) in [6.45, 7) is 0.824. The largest absolute Gasteiger partial charge is 0.364 e. The fourth-order valence-electron chi connectivity index (χ4n) is 2.85. The molecule has 20 heavy (non-hydrogen) atoms. The number of hydrogen-bond acceptors (Lipinski definition) is 3. The van der Waals surface area contributed by atoms with E-state index in [2.05, 4.69) is 0 Å². The standard InChI is InChI=1S/C14H16F2N2O2/c15-10-5-8-3-4-18(12(8)6-11(10)16)14(19)13-2-1-9(7-17)20-13/h5-6,9,13H,1-4,7,17H2/t9-,13+/m1/s1. The Morgan fingerprint density at radius 3 is 2.80 bits per heavy atom. The minimum Gasteiger partial charge on any atom is -0.364 e. The quantitative estimate of drug-likeness (QED) is 0.891. The van der Waals surface area contributed by atoms with Crippen LogP contribution in [-0.4, -0.2) is 31.2 Å². The van der Waals surface area contributed by atoms with Crippen molar-refractivity contribution in [3.05, 3.63) is 29.3 Å². The van der Waals surface area contributed by atoms with Crippen molar-refractivity contribution in [2.24, 2.45) is 5.73 Å². The fraction of sp³-hybridized carbons (Fsp3) is 0.500. The average molecular weight is 282 g/mol. The van der Waals surface area contributed by atoms with E-state index in [0.29, 0.717) is 37.2 Å². The lowest BCUT2D eigenvalue weighted by Gasteiger charge is -2.21. The highest BCUT2D eigenvalue weighted by Gasteiger charge is 2.36. The second kappa shape index (κ2) is 5.10. The van der Waals surface area contributed by atoms with Crippen LogP contribution in [0, 0.1) is 11.6 Å². The Labute approximate surface area is 115 Å². The number of benzene rings is 1. The summed E-state index contributed by atoms with van der Waals surface area (Å²) >= 11 is 0. The molecule has 2 aliphatic rings. The fourth-order valence-corrected chi connectivity index (χ4v) is 2.85. The molecule has 0 aromatic heterocycles. The van der Waals surface area contributed by atoms with Crippen molar-refractivity contribution in [3.63, 3.8) is 0 Å². The normalized spacial score (nSPS) is 25.1. The number of halogens is 2. The first-order valence-corrected chi connectivity index (χ1v) is 6.75. The van der Waals surface area contributed by atoms with Gasteiger partial charge in [-0.15, -0.1) is 0 Å². The third-order valence-corrected chi connectivity index (χ3v) is 3.93. The van der Waals surface area contributed by atoms with Crippen LogP contribution >= 0.6 is 0 Å². The maximum Gasteiger partial charge on any atom is 0.256 e. The van der Waals surface area contributed by atoms with Crippen molar-refractivity contribution in [1.29, 1.82) is 0 Å². The van der Waals surface area contributed by atoms with Gasteiger partial charge >= 0.3 is 0 Å². The zero-order valence-electron chi connectivity index (χ0n) is 10.9. The van der Waals surface area contributed by atoms with E-state index in [4.69, 9.17) is 10.5 Å². The van der Waals surface area contributed by atoms with Crippen LogP contribution in [0.25, 0.3) is 0 Å². The van der Waals surface area contributed by atoms with Gasteiger partial charge in [0, 0.05) is 19.2 Å². The highest BCUT2D eigenvalue weighted by Crippen LogP contribution is 2.32. The summed E-state index contributed by atoms with van der Waals surface area (Å²) in [7, 11) is 0. The number of rotatable bonds is 2. The van der Waals surface area contributed by atoms with E-state index in [0.717, 1.165) is 18.6 Å². The number of fused-ring (bicyclic) bond motifs is 1. The van der Waals surface area contributed by atoms with E-state index in [-0.39, 0.29) is 12.0 Å². The highest BCUT2D eigenvalue weighted by atomic mass is 19.2. The number of nitrogens with two attached hydrogens (primary N) is 1. The second-order valence-corrected chi connectivity index (χ2v) is 5.19. The third kappa shape index (κ3) is 2.19. The van der Waals surface area contributed by atoms with Gasteiger partial charge in [0.1, 0.15) is 6.10 Å². The molecule has 0 saturated carbocycles. The first kappa shape index (κ1) is 13.5. The van der Waals surface area contributed by atoms with E-state index >= 15 is 0 Å². The zero-order valence-corrected chi connectivity index (χ0v) is 10.9. The molecule has 3 rings (SSSR count). The minimum atomic E-state index is -0.935. The van der Waals surface area contributed by atoms with Gasteiger partial charge in [0.25, 0.3) is 5.91 Å². The summed E-state index contributed by atoms with van der Waals surface area (Å²) in [5, 5.41) is 0. The number of carbonyl (C=O) groups is 1. The Kier molecular flexibility index (Phi) is 3.43. The van der Waals surface area contributed by atoms with Crippen LogP contribution in [-0.2, 0) is 16.0 Å². The number of ether oxygens (including phenoxy) is 1. The number of nitrogens with zero attached hydrogens (tertiary/aromatic N) is 1. The van der Waals surface area contributed by atoms with E-state index in [1.54, 1.807) is 0 Å². The lowest BCUT2D eigenvalue weighted by atomic mass is 10.1. The molecule has 108 valence electrons. The van der Waals surface area contributed by atoms with Crippen LogP contribution in [0.15, 0.2) is 12.1 Å². The smallest absolute Gasteiger partial charge is 0.256 e. The van der Waals surface area contributed by atoms with Crippen LogP contribution in [0.1, 0.15) is 18.4 Å². The van der Waals surface area contributed by atoms with Gasteiger partial charge in [-0.3, -0.25) is 4.79 Å². The van der Waals surface area contributed by atoms with Gasteiger partial charge in [0.15, 0.2) is 11.6 Å². The summed E-state index contributed by atoms with van der Waals surface area (Å²) in [6, 6.07) is 2.25. The number of carbonyl (C=O) groups excluding carboxylic acids is 1. The van der Waals surface area contributed by atoms with E-state index in [1.807, 2.05) is 0 Å². The SMILES string of the molecule is NC[C@H]1CC[C@@H](C(=O)N2CCc3cc(F)c(F)cc32)O1. The van der Waals surface area contributed by atoms with Crippen molar-refractivity contribution in [3.8, 4) is 0 Å². The number of amides is 1. The van der Waals surface area contributed by atoms with E-state index in [9.17, 15) is 13.6 Å². The van der Waals surface area contributed by atoms with E-state index in [1.165, 1.54) is 4.90 Å². The van der Waals surface area contributed by atoms with Crippen molar-refractivity contribution in [1.82, 2.24) is 0 Å². The average Bonchev–Trinajstić information content (AvgIpc) is 3.05. The molecule has 1 amide bonds. The van der Waals surface area contributed by atoms with Crippen molar-refractivity contribution in [2.45, 2.75) is 31.5 Å². The lowest BCUT2D eigenvalue weighted by Crippen LogP contribution is -2.38. The van der Waals surface area contributed by atoms with Gasteiger partial charge in [-0.1, -0.05) is 0 Å². The van der Waals surface area contributed by atoms with Gasteiger partial charge in [0.2, 0.25) is 0 Å². The molecule has 0 spiro atoms. The van der Waals surface area contributed by atoms with Crippen LogP contribution in [0.3, 0.4) is 0 Å². The molecule has 4 nitrogen and oxygen atoms in total. The molecule has 2 aliphatic heterocycles. The van der Waals surface area contributed by atoms with Crippen LogP contribution in [0.5, 0.6) is 0 Å². The monoisotopic (exact) mass is 282 g/mol. The molecule has 2 N–H and O–H groups in total. The molecule has 6 heteroatoms. The lowest BCUT2D eigenvalue weighted by molar-refractivity contribution is -0.129. The third-order valence-electron chi connectivity index (χ3n) is 3.93. The van der Waals surface area contributed by atoms with Crippen molar-refractivity contribution < 1.29 is 18.3 Å². The Balaban J connectivity index is 1.81. The molecule has 1 fully saturated rings. The number of hydrogen-bond donors (Lipinski definition) is 1.